The number of urea groups is 1. The van der Waals surface area contributed by atoms with E-state index in [1.54, 1.807) is 30.7 Å². The van der Waals surface area contributed by atoms with Gasteiger partial charge in [-0.15, -0.1) is 11.3 Å². The molecule has 2 aromatic carbocycles. The van der Waals surface area contributed by atoms with Crippen molar-refractivity contribution in [1.29, 1.82) is 0 Å². The zero-order valence-electron chi connectivity index (χ0n) is 19.2. The monoisotopic (exact) mass is 571 g/mol. The van der Waals surface area contributed by atoms with Gasteiger partial charge in [0.1, 0.15) is 4.21 Å². The van der Waals surface area contributed by atoms with Gasteiger partial charge in [0, 0.05) is 17.6 Å². The molecule has 0 fully saturated rings. The van der Waals surface area contributed by atoms with Crippen LogP contribution < -0.4 is 26.6 Å². The van der Waals surface area contributed by atoms with Gasteiger partial charge in [-0.25, -0.2) is 32.3 Å². The highest BCUT2D eigenvalue weighted by atomic mass is 35.5. The molecule has 0 saturated carbocycles. The first-order valence-electron chi connectivity index (χ1n) is 10.9. The van der Waals surface area contributed by atoms with Crippen LogP contribution in [-0.4, -0.2) is 34.0 Å². The van der Waals surface area contributed by atoms with E-state index < -0.39 is 27.3 Å². The van der Waals surface area contributed by atoms with Gasteiger partial charge in [-0.3, -0.25) is 4.79 Å². The molecule has 0 radical (unpaired) electrons. The maximum Gasteiger partial charge on any atom is 0.333 e. The minimum atomic E-state index is -4.09. The van der Waals surface area contributed by atoms with Crippen LogP contribution in [0, 0.1) is 0 Å². The SMILES string of the molecule is O=C(Nc1ccc(-n2c(=O)[nH]c3cc(NCc4c[nH]cn4)ccc3c2=O)cc1)NS(=O)(=O)c1ccc(Cl)s1. The largest absolute Gasteiger partial charge is 0.379 e. The van der Waals surface area contributed by atoms with Gasteiger partial charge in [-0.1, -0.05) is 11.6 Å². The molecular weight excluding hydrogens is 554 g/mol. The number of aromatic amines is 2. The van der Waals surface area contributed by atoms with Gasteiger partial charge < -0.3 is 20.6 Å². The van der Waals surface area contributed by atoms with E-state index in [1.165, 1.54) is 36.4 Å². The summed E-state index contributed by atoms with van der Waals surface area (Å²) in [5, 5.41) is 5.87. The molecule has 3 heterocycles. The van der Waals surface area contributed by atoms with Crippen molar-refractivity contribution in [3.05, 3.63) is 98.0 Å². The quantitative estimate of drug-likeness (QED) is 0.199. The molecular formula is C23H18ClN7O5S2. The topological polar surface area (TPSA) is 171 Å². The number of rotatable bonds is 7. The first-order valence-corrected chi connectivity index (χ1v) is 13.6. The van der Waals surface area contributed by atoms with E-state index in [0.29, 0.717) is 23.1 Å². The highest BCUT2D eigenvalue weighted by molar-refractivity contribution is 7.92. The van der Waals surface area contributed by atoms with Crippen LogP contribution in [-0.2, 0) is 16.6 Å². The van der Waals surface area contributed by atoms with Gasteiger partial charge in [0.25, 0.3) is 15.6 Å². The molecule has 0 saturated heterocycles. The number of nitrogens with zero attached hydrogens (tertiary/aromatic N) is 2. The highest BCUT2D eigenvalue weighted by Gasteiger charge is 2.20. The Bertz CT molecular complexity index is 1860. The van der Waals surface area contributed by atoms with Crippen molar-refractivity contribution in [2.75, 3.05) is 10.6 Å². The number of aromatic nitrogens is 4. The van der Waals surface area contributed by atoms with Crippen molar-refractivity contribution >= 4 is 61.3 Å². The fraction of sp³-hybridized carbons (Fsp3) is 0.0435. The Hall–Kier alpha value is -4.40. The summed E-state index contributed by atoms with van der Waals surface area (Å²) in [5.41, 5.74) is 1.19. The number of H-pyrrole nitrogens is 2. The second kappa shape index (κ2) is 10.2. The number of thiophene rings is 1. The van der Waals surface area contributed by atoms with Gasteiger partial charge in [0.05, 0.1) is 39.5 Å². The summed E-state index contributed by atoms with van der Waals surface area (Å²) in [4.78, 5) is 47.8. The van der Waals surface area contributed by atoms with Gasteiger partial charge in [0.2, 0.25) is 0 Å². The first-order chi connectivity index (χ1) is 18.2. The minimum Gasteiger partial charge on any atom is -0.379 e. The average molecular weight is 572 g/mol. The van der Waals surface area contributed by atoms with Crippen LogP contribution in [0.2, 0.25) is 4.34 Å². The number of carbonyl (C=O) groups excluding carboxylic acids is 1. The van der Waals surface area contributed by atoms with Crippen LogP contribution in [0.25, 0.3) is 16.6 Å². The van der Waals surface area contributed by atoms with E-state index >= 15 is 0 Å². The Morgan fingerprint density at radius 3 is 2.50 bits per heavy atom. The van der Waals surface area contributed by atoms with Gasteiger partial charge >= 0.3 is 11.7 Å². The number of sulfonamides is 1. The zero-order chi connectivity index (χ0) is 26.9. The average Bonchev–Trinajstić information content (AvgIpc) is 3.55. The lowest BCUT2D eigenvalue weighted by molar-refractivity contribution is 0.256. The lowest BCUT2D eigenvalue weighted by Gasteiger charge is -2.10. The Balaban J connectivity index is 1.33. The van der Waals surface area contributed by atoms with E-state index in [9.17, 15) is 22.8 Å². The van der Waals surface area contributed by atoms with Crippen LogP contribution in [0.1, 0.15) is 5.69 Å². The molecule has 5 aromatic rings. The van der Waals surface area contributed by atoms with Crippen molar-refractivity contribution in [2.45, 2.75) is 10.8 Å². The van der Waals surface area contributed by atoms with E-state index in [1.807, 2.05) is 4.72 Å². The summed E-state index contributed by atoms with van der Waals surface area (Å²) in [6.07, 6.45) is 3.33. The molecule has 0 atom stereocenters. The summed E-state index contributed by atoms with van der Waals surface area (Å²) < 4.78 is 27.6. The predicted octanol–water partition coefficient (Wildman–Crippen LogP) is 3.24. The number of anilines is 2. The number of fused-ring (bicyclic) bond motifs is 1. The Kier molecular flexibility index (Phi) is 6.75. The normalized spacial score (nSPS) is 11.4. The van der Waals surface area contributed by atoms with Crippen LogP contribution >= 0.6 is 22.9 Å². The number of halogens is 1. The van der Waals surface area contributed by atoms with Crippen molar-refractivity contribution in [1.82, 2.24) is 24.2 Å². The van der Waals surface area contributed by atoms with Crippen molar-refractivity contribution in [2.24, 2.45) is 0 Å². The molecule has 0 aliphatic carbocycles. The van der Waals surface area contributed by atoms with E-state index in [4.69, 9.17) is 11.6 Å². The summed E-state index contributed by atoms with van der Waals surface area (Å²) in [6, 6.07) is 12.5. The number of imidazole rings is 1. The molecule has 5 N–H and O–H groups in total. The number of benzene rings is 2. The molecule has 38 heavy (non-hydrogen) atoms. The van der Waals surface area contributed by atoms with Gasteiger partial charge in [-0.2, -0.15) is 0 Å². The minimum absolute atomic E-state index is 0.108. The number of hydrogen-bond acceptors (Lipinski definition) is 8. The summed E-state index contributed by atoms with van der Waals surface area (Å²) >= 11 is 6.57. The Morgan fingerprint density at radius 2 is 1.82 bits per heavy atom. The fourth-order valence-electron chi connectivity index (χ4n) is 3.61. The maximum atomic E-state index is 13.1. The third-order valence-electron chi connectivity index (χ3n) is 5.35. The van der Waals surface area contributed by atoms with E-state index in [0.717, 1.165) is 21.6 Å². The second-order valence-corrected chi connectivity index (χ2v) is 11.5. The Morgan fingerprint density at radius 1 is 1.05 bits per heavy atom. The fourth-order valence-corrected chi connectivity index (χ4v) is 6.00. The van der Waals surface area contributed by atoms with Crippen LogP contribution in [0.3, 0.4) is 0 Å². The molecule has 0 bridgehead atoms. The van der Waals surface area contributed by atoms with E-state index in [2.05, 4.69) is 25.6 Å². The van der Waals surface area contributed by atoms with Gasteiger partial charge in [-0.05, 0) is 54.6 Å². The maximum absolute atomic E-state index is 13.1. The van der Waals surface area contributed by atoms with Crippen LogP contribution in [0.5, 0.6) is 0 Å². The number of amides is 2. The molecule has 12 nitrogen and oxygen atoms in total. The van der Waals surface area contributed by atoms with Crippen molar-refractivity contribution in [3.8, 4) is 5.69 Å². The summed E-state index contributed by atoms with van der Waals surface area (Å²) in [6.45, 7) is 0.461. The van der Waals surface area contributed by atoms with Crippen molar-refractivity contribution < 1.29 is 13.2 Å². The molecule has 194 valence electrons. The molecule has 0 unspecified atom stereocenters. The van der Waals surface area contributed by atoms with Crippen LogP contribution in [0.15, 0.2) is 80.9 Å². The summed E-state index contributed by atoms with van der Waals surface area (Å²) in [5.74, 6) is 0. The molecule has 3 aromatic heterocycles. The van der Waals surface area contributed by atoms with E-state index in [-0.39, 0.29) is 19.9 Å². The Labute approximate surface area is 223 Å². The molecule has 2 amide bonds. The third-order valence-corrected chi connectivity index (χ3v) is 8.40. The summed E-state index contributed by atoms with van der Waals surface area (Å²) in [7, 11) is -4.09. The molecule has 0 spiro atoms. The zero-order valence-corrected chi connectivity index (χ0v) is 21.6. The van der Waals surface area contributed by atoms with Gasteiger partial charge in [0.15, 0.2) is 0 Å². The highest BCUT2D eigenvalue weighted by Crippen LogP contribution is 2.25. The predicted molar refractivity (Wildman–Crippen MR) is 145 cm³/mol. The third kappa shape index (κ3) is 5.32. The lowest BCUT2D eigenvalue weighted by Crippen LogP contribution is -2.34. The second-order valence-electron chi connectivity index (χ2n) is 7.91. The smallest absolute Gasteiger partial charge is 0.333 e. The number of hydrogen-bond donors (Lipinski definition) is 5. The number of nitrogens with one attached hydrogen (secondary N) is 5. The molecule has 0 aliphatic heterocycles. The standard InChI is InChI=1S/C23H18ClN7O5S2/c24-19-7-8-20(37-19)38(35,36)30-22(33)28-13-1-4-16(5-2-13)31-21(32)17-6-3-14(9-18(17)29-23(31)34)26-11-15-10-25-12-27-15/h1-10,12,26H,11H2,(H,25,27)(H,29,34)(H2,28,30,33). The molecule has 15 heteroatoms. The first kappa shape index (κ1) is 25.3. The molecule has 0 aliphatic rings. The number of carbonyl (C=O) groups is 1. The van der Waals surface area contributed by atoms with Crippen molar-refractivity contribution in [3.63, 3.8) is 0 Å². The molecule has 5 rings (SSSR count). The lowest BCUT2D eigenvalue weighted by atomic mass is 10.2. The van der Waals surface area contributed by atoms with Crippen LogP contribution in [0.4, 0.5) is 16.2 Å².